The Morgan fingerprint density at radius 1 is 1.61 bits per heavy atom. The number of thiophene rings is 1. The van der Waals surface area contributed by atoms with Gasteiger partial charge < -0.3 is 15.4 Å². The van der Waals surface area contributed by atoms with E-state index in [1.165, 1.54) is 24.6 Å². The number of rotatable bonds is 6. The van der Waals surface area contributed by atoms with Crippen LogP contribution in [-0.2, 0) is 16.1 Å². The minimum atomic E-state index is -0.0194. The standard InChI is InChI=1S/C13H20N2O2S/c1-10(16)15-12-5-8-18-13(12)9-14-6-4-11-3-2-7-17-11/h5,8,11,14H,2-4,6-7,9H2,1H3,(H,15,16). The van der Waals surface area contributed by atoms with Crippen molar-refractivity contribution in [2.24, 2.45) is 0 Å². The van der Waals surface area contributed by atoms with Gasteiger partial charge in [-0.3, -0.25) is 4.79 Å². The molecule has 5 heteroatoms. The summed E-state index contributed by atoms with van der Waals surface area (Å²) in [5, 5.41) is 8.25. The first-order chi connectivity index (χ1) is 8.75. The van der Waals surface area contributed by atoms with Crippen molar-refractivity contribution < 1.29 is 9.53 Å². The van der Waals surface area contributed by atoms with E-state index in [0.29, 0.717) is 6.10 Å². The van der Waals surface area contributed by atoms with Crippen LogP contribution in [-0.4, -0.2) is 25.2 Å². The molecule has 1 aromatic heterocycles. The highest BCUT2D eigenvalue weighted by atomic mass is 32.1. The molecular formula is C13H20N2O2S. The van der Waals surface area contributed by atoms with E-state index in [0.717, 1.165) is 31.8 Å². The highest BCUT2D eigenvalue weighted by Crippen LogP contribution is 2.22. The fourth-order valence-electron chi connectivity index (χ4n) is 2.12. The summed E-state index contributed by atoms with van der Waals surface area (Å²) in [5.74, 6) is -0.0194. The Balaban J connectivity index is 1.69. The Morgan fingerprint density at radius 2 is 2.50 bits per heavy atom. The van der Waals surface area contributed by atoms with Crippen LogP contribution in [0.5, 0.6) is 0 Å². The van der Waals surface area contributed by atoms with Crippen LogP contribution in [0.3, 0.4) is 0 Å². The predicted molar refractivity (Wildman–Crippen MR) is 73.9 cm³/mol. The lowest BCUT2D eigenvalue weighted by Gasteiger charge is -2.10. The van der Waals surface area contributed by atoms with Crippen molar-refractivity contribution >= 4 is 22.9 Å². The van der Waals surface area contributed by atoms with Crippen molar-refractivity contribution in [1.82, 2.24) is 5.32 Å². The topological polar surface area (TPSA) is 50.4 Å². The highest BCUT2D eigenvalue weighted by Gasteiger charge is 2.14. The molecule has 0 aliphatic carbocycles. The molecule has 1 amide bonds. The lowest BCUT2D eigenvalue weighted by Crippen LogP contribution is -2.20. The van der Waals surface area contributed by atoms with Crippen LogP contribution in [0, 0.1) is 0 Å². The Labute approximate surface area is 112 Å². The lowest BCUT2D eigenvalue weighted by atomic mass is 10.2. The summed E-state index contributed by atoms with van der Waals surface area (Å²) in [4.78, 5) is 12.2. The van der Waals surface area contributed by atoms with Crippen molar-refractivity contribution in [3.05, 3.63) is 16.3 Å². The maximum atomic E-state index is 11.0. The first kappa shape index (κ1) is 13.5. The second kappa shape index (κ2) is 6.87. The molecule has 1 saturated heterocycles. The van der Waals surface area contributed by atoms with Gasteiger partial charge in [-0.05, 0) is 37.3 Å². The number of anilines is 1. The predicted octanol–water partition coefficient (Wildman–Crippen LogP) is 2.37. The van der Waals surface area contributed by atoms with Gasteiger partial charge in [-0.2, -0.15) is 0 Å². The van der Waals surface area contributed by atoms with Crippen molar-refractivity contribution in [3.8, 4) is 0 Å². The van der Waals surface area contributed by atoms with E-state index < -0.39 is 0 Å². The SMILES string of the molecule is CC(=O)Nc1ccsc1CNCCC1CCCO1. The summed E-state index contributed by atoms with van der Waals surface area (Å²) in [6, 6.07) is 1.95. The zero-order valence-electron chi connectivity index (χ0n) is 10.7. The molecule has 1 fully saturated rings. The third kappa shape index (κ3) is 4.08. The fourth-order valence-corrected chi connectivity index (χ4v) is 2.92. The van der Waals surface area contributed by atoms with E-state index in [1.807, 2.05) is 11.4 Å². The number of hydrogen-bond acceptors (Lipinski definition) is 4. The summed E-state index contributed by atoms with van der Waals surface area (Å²) < 4.78 is 5.57. The van der Waals surface area contributed by atoms with E-state index in [9.17, 15) is 4.79 Å². The monoisotopic (exact) mass is 268 g/mol. The Morgan fingerprint density at radius 3 is 3.22 bits per heavy atom. The third-order valence-electron chi connectivity index (χ3n) is 3.01. The molecule has 0 bridgehead atoms. The number of ether oxygens (including phenoxy) is 1. The van der Waals surface area contributed by atoms with Crippen LogP contribution < -0.4 is 10.6 Å². The summed E-state index contributed by atoms with van der Waals surface area (Å²) in [7, 11) is 0. The van der Waals surface area contributed by atoms with Crippen LogP contribution in [0.1, 0.15) is 31.1 Å². The lowest BCUT2D eigenvalue weighted by molar-refractivity contribution is -0.114. The highest BCUT2D eigenvalue weighted by molar-refractivity contribution is 7.10. The minimum Gasteiger partial charge on any atom is -0.378 e. The van der Waals surface area contributed by atoms with Gasteiger partial charge >= 0.3 is 0 Å². The van der Waals surface area contributed by atoms with Gasteiger partial charge in [-0.15, -0.1) is 11.3 Å². The second-order valence-corrected chi connectivity index (χ2v) is 5.54. The van der Waals surface area contributed by atoms with E-state index in [4.69, 9.17) is 4.74 Å². The van der Waals surface area contributed by atoms with Crippen molar-refractivity contribution in [3.63, 3.8) is 0 Å². The van der Waals surface area contributed by atoms with E-state index in [1.54, 1.807) is 11.3 Å². The van der Waals surface area contributed by atoms with Crippen LogP contribution in [0.2, 0.25) is 0 Å². The molecule has 1 aliphatic heterocycles. The quantitative estimate of drug-likeness (QED) is 0.779. The fraction of sp³-hybridized carbons (Fsp3) is 0.615. The van der Waals surface area contributed by atoms with Gasteiger partial charge in [0.2, 0.25) is 5.91 Å². The third-order valence-corrected chi connectivity index (χ3v) is 3.93. The molecule has 2 heterocycles. The first-order valence-electron chi connectivity index (χ1n) is 6.42. The zero-order valence-corrected chi connectivity index (χ0v) is 11.5. The number of nitrogens with one attached hydrogen (secondary N) is 2. The Kier molecular flexibility index (Phi) is 5.16. The molecule has 2 N–H and O–H groups in total. The largest absolute Gasteiger partial charge is 0.378 e. The first-order valence-corrected chi connectivity index (χ1v) is 7.30. The van der Waals surface area contributed by atoms with Gasteiger partial charge in [0.25, 0.3) is 0 Å². The van der Waals surface area contributed by atoms with Gasteiger partial charge in [-0.25, -0.2) is 0 Å². The normalized spacial score (nSPS) is 19.1. The molecule has 0 saturated carbocycles. The molecule has 100 valence electrons. The summed E-state index contributed by atoms with van der Waals surface area (Å²) in [6.07, 6.45) is 3.90. The van der Waals surface area contributed by atoms with Crippen molar-refractivity contribution in [2.75, 3.05) is 18.5 Å². The van der Waals surface area contributed by atoms with Crippen molar-refractivity contribution in [1.29, 1.82) is 0 Å². The molecule has 18 heavy (non-hydrogen) atoms. The van der Waals surface area contributed by atoms with Crippen molar-refractivity contribution in [2.45, 2.75) is 38.8 Å². The molecule has 0 aromatic carbocycles. The smallest absolute Gasteiger partial charge is 0.221 e. The minimum absolute atomic E-state index is 0.0194. The Bertz CT molecular complexity index is 386. The van der Waals surface area contributed by atoms with E-state index in [-0.39, 0.29) is 5.91 Å². The molecule has 1 atom stereocenters. The van der Waals surface area contributed by atoms with Gasteiger partial charge in [0, 0.05) is 25.0 Å². The number of amides is 1. The summed E-state index contributed by atoms with van der Waals surface area (Å²) in [6.45, 7) is 4.22. The zero-order chi connectivity index (χ0) is 12.8. The second-order valence-electron chi connectivity index (χ2n) is 4.54. The van der Waals surface area contributed by atoms with Gasteiger partial charge in [0.1, 0.15) is 0 Å². The molecule has 0 spiro atoms. The van der Waals surface area contributed by atoms with Crippen LogP contribution >= 0.6 is 11.3 Å². The average Bonchev–Trinajstić information content (AvgIpc) is 2.95. The van der Waals surface area contributed by atoms with E-state index >= 15 is 0 Å². The molecule has 1 aliphatic rings. The molecule has 0 radical (unpaired) electrons. The number of hydrogen-bond donors (Lipinski definition) is 2. The molecule has 2 rings (SSSR count). The summed E-state index contributed by atoms with van der Waals surface area (Å²) >= 11 is 1.67. The van der Waals surface area contributed by atoms with Gasteiger partial charge in [0.05, 0.1) is 11.8 Å². The maximum absolute atomic E-state index is 11.0. The molecule has 1 unspecified atom stereocenters. The van der Waals surface area contributed by atoms with Crippen LogP contribution in [0.4, 0.5) is 5.69 Å². The molecular weight excluding hydrogens is 248 g/mol. The maximum Gasteiger partial charge on any atom is 0.221 e. The van der Waals surface area contributed by atoms with E-state index in [2.05, 4.69) is 10.6 Å². The summed E-state index contributed by atoms with van der Waals surface area (Å²) in [5.41, 5.74) is 0.928. The Hall–Kier alpha value is -0.910. The van der Waals surface area contributed by atoms with Gasteiger partial charge in [0.15, 0.2) is 0 Å². The van der Waals surface area contributed by atoms with Crippen LogP contribution in [0.25, 0.3) is 0 Å². The number of carbonyl (C=O) groups is 1. The van der Waals surface area contributed by atoms with Crippen LogP contribution in [0.15, 0.2) is 11.4 Å². The molecule has 1 aromatic rings. The average molecular weight is 268 g/mol. The molecule has 4 nitrogen and oxygen atoms in total. The number of carbonyl (C=O) groups excluding carboxylic acids is 1. The van der Waals surface area contributed by atoms with Gasteiger partial charge in [-0.1, -0.05) is 0 Å².